The second-order valence-corrected chi connectivity index (χ2v) is 3.73. The van der Waals surface area contributed by atoms with Crippen LogP contribution in [0.2, 0.25) is 0 Å². The highest BCUT2D eigenvalue weighted by atomic mass is 16.3. The lowest BCUT2D eigenvalue weighted by Gasteiger charge is -1.97. The molecule has 13 heavy (non-hydrogen) atoms. The van der Waals surface area contributed by atoms with E-state index in [0.29, 0.717) is 0 Å². The third-order valence-electron chi connectivity index (χ3n) is 2.55. The molecule has 2 heteroatoms. The van der Waals surface area contributed by atoms with Gasteiger partial charge < -0.3 is 4.42 Å². The summed E-state index contributed by atoms with van der Waals surface area (Å²) in [6.45, 7) is 1.94. The fourth-order valence-corrected chi connectivity index (χ4v) is 1.82. The highest BCUT2D eigenvalue weighted by Gasteiger charge is 2.11. The molecular weight excluding hydrogens is 162 g/mol. The van der Waals surface area contributed by atoms with E-state index in [1.54, 1.807) is 6.26 Å². The van der Waals surface area contributed by atoms with Gasteiger partial charge in [-0.25, -0.2) is 4.98 Å². The van der Waals surface area contributed by atoms with Crippen LogP contribution < -0.4 is 0 Å². The molecule has 0 bridgehead atoms. The number of allylic oxidation sites excluding steroid dienone is 1. The number of hydrogen-bond acceptors (Lipinski definition) is 2. The first-order valence-electron chi connectivity index (χ1n) is 4.95. The lowest BCUT2D eigenvalue weighted by molar-refractivity contribution is 0.544. The zero-order valence-corrected chi connectivity index (χ0v) is 7.99. The van der Waals surface area contributed by atoms with Gasteiger partial charge in [0.25, 0.3) is 0 Å². The van der Waals surface area contributed by atoms with Crippen LogP contribution in [0.25, 0.3) is 6.08 Å². The maximum atomic E-state index is 5.23. The maximum Gasteiger partial charge on any atom is 0.218 e. The topological polar surface area (TPSA) is 26.0 Å². The van der Waals surface area contributed by atoms with E-state index < -0.39 is 0 Å². The van der Waals surface area contributed by atoms with Crippen molar-refractivity contribution in [3.63, 3.8) is 0 Å². The highest BCUT2D eigenvalue weighted by Crippen LogP contribution is 2.26. The van der Waals surface area contributed by atoms with Crippen LogP contribution in [0.3, 0.4) is 0 Å². The van der Waals surface area contributed by atoms with Crippen LogP contribution in [0.4, 0.5) is 0 Å². The summed E-state index contributed by atoms with van der Waals surface area (Å²) in [6.07, 6.45) is 11.3. The van der Waals surface area contributed by atoms with Gasteiger partial charge in [0.1, 0.15) is 6.26 Å². The Hall–Kier alpha value is -1.05. The van der Waals surface area contributed by atoms with Gasteiger partial charge in [0.2, 0.25) is 5.89 Å². The Labute approximate surface area is 78.7 Å². The Kier molecular flexibility index (Phi) is 2.48. The van der Waals surface area contributed by atoms with Gasteiger partial charge in [-0.05, 0) is 31.8 Å². The summed E-state index contributed by atoms with van der Waals surface area (Å²) in [4.78, 5) is 4.22. The van der Waals surface area contributed by atoms with Crippen molar-refractivity contribution in [3.05, 3.63) is 23.9 Å². The third-order valence-corrected chi connectivity index (χ3v) is 2.55. The van der Waals surface area contributed by atoms with Crippen LogP contribution in [0.1, 0.15) is 37.3 Å². The normalized spacial score (nSPS) is 18.8. The summed E-state index contributed by atoms with van der Waals surface area (Å²) in [5, 5.41) is 0. The lowest BCUT2D eigenvalue weighted by atomic mass is 10.1. The van der Waals surface area contributed by atoms with E-state index in [2.05, 4.69) is 11.1 Å². The molecule has 0 N–H and O–H groups in total. The first kappa shape index (κ1) is 8.54. The van der Waals surface area contributed by atoms with E-state index in [0.717, 1.165) is 17.5 Å². The molecule has 1 aromatic heterocycles. The Morgan fingerprint density at radius 3 is 2.85 bits per heavy atom. The average molecular weight is 177 g/mol. The minimum Gasteiger partial charge on any atom is -0.445 e. The summed E-state index contributed by atoms with van der Waals surface area (Å²) in [7, 11) is 0. The van der Waals surface area contributed by atoms with Gasteiger partial charge in [0, 0.05) is 0 Å². The second kappa shape index (κ2) is 3.77. The minimum absolute atomic E-state index is 0.740. The molecule has 0 atom stereocenters. The second-order valence-electron chi connectivity index (χ2n) is 3.73. The van der Waals surface area contributed by atoms with Crippen LogP contribution in [0.15, 0.2) is 16.8 Å². The molecule has 0 unspecified atom stereocenters. The van der Waals surface area contributed by atoms with Crippen molar-refractivity contribution in [1.82, 2.24) is 4.98 Å². The van der Waals surface area contributed by atoms with Gasteiger partial charge in [-0.15, -0.1) is 0 Å². The molecular formula is C11H15NO. The van der Waals surface area contributed by atoms with Crippen molar-refractivity contribution in [3.8, 4) is 0 Å². The molecule has 1 aliphatic carbocycles. The molecule has 70 valence electrons. The number of aromatic nitrogens is 1. The monoisotopic (exact) mass is 177 g/mol. The number of hydrogen-bond donors (Lipinski definition) is 0. The zero-order valence-electron chi connectivity index (χ0n) is 7.99. The summed E-state index contributed by atoms with van der Waals surface area (Å²) >= 11 is 0. The average Bonchev–Trinajstić information content (AvgIpc) is 2.71. The van der Waals surface area contributed by atoms with Gasteiger partial charge in [0.15, 0.2) is 0 Å². The van der Waals surface area contributed by atoms with Crippen molar-refractivity contribution in [2.75, 3.05) is 0 Å². The fourth-order valence-electron chi connectivity index (χ4n) is 1.82. The van der Waals surface area contributed by atoms with Crippen molar-refractivity contribution >= 4 is 6.08 Å². The first-order chi connectivity index (χ1) is 6.34. The van der Waals surface area contributed by atoms with Gasteiger partial charge in [-0.2, -0.15) is 0 Å². The first-order valence-corrected chi connectivity index (χ1v) is 4.95. The van der Waals surface area contributed by atoms with Crippen LogP contribution in [0.5, 0.6) is 0 Å². The van der Waals surface area contributed by atoms with Crippen LogP contribution >= 0.6 is 0 Å². The molecule has 0 radical (unpaired) electrons. The molecule has 1 aromatic rings. The number of rotatable bonds is 2. The predicted octanol–water partition coefficient (Wildman–Crippen LogP) is 3.19. The third kappa shape index (κ3) is 2.20. The van der Waals surface area contributed by atoms with E-state index >= 15 is 0 Å². The lowest BCUT2D eigenvalue weighted by Crippen LogP contribution is -1.85. The molecule has 0 spiro atoms. The van der Waals surface area contributed by atoms with Gasteiger partial charge in [0.05, 0.1) is 5.69 Å². The smallest absolute Gasteiger partial charge is 0.218 e. The van der Waals surface area contributed by atoms with Crippen LogP contribution in [-0.4, -0.2) is 4.98 Å². The number of nitrogens with zero attached hydrogens (tertiary/aromatic N) is 1. The Morgan fingerprint density at radius 1 is 1.46 bits per heavy atom. The van der Waals surface area contributed by atoms with E-state index in [4.69, 9.17) is 4.42 Å². The molecule has 1 fully saturated rings. The Morgan fingerprint density at radius 2 is 2.23 bits per heavy atom. The van der Waals surface area contributed by atoms with Crippen LogP contribution in [0, 0.1) is 12.8 Å². The van der Waals surface area contributed by atoms with Gasteiger partial charge in [-0.3, -0.25) is 0 Å². The Balaban J connectivity index is 1.96. The van der Waals surface area contributed by atoms with Gasteiger partial charge in [-0.1, -0.05) is 18.9 Å². The van der Waals surface area contributed by atoms with E-state index in [-0.39, 0.29) is 0 Å². The zero-order chi connectivity index (χ0) is 9.10. The molecule has 0 aromatic carbocycles. The van der Waals surface area contributed by atoms with Gasteiger partial charge >= 0.3 is 0 Å². The largest absolute Gasteiger partial charge is 0.445 e. The highest BCUT2D eigenvalue weighted by molar-refractivity contribution is 5.38. The number of oxazole rings is 1. The number of aryl methyl sites for hydroxylation is 1. The molecule has 2 nitrogen and oxygen atoms in total. The van der Waals surface area contributed by atoms with E-state index in [9.17, 15) is 0 Å². The maximum absolute atomic E-state index is 5.23. The molecule has 2 rings (SSSR count). The fraction of sp³-hybridized carbons (Fsp3) is 0.545. The standard InChI is InChI=1S/C11H15NO/c1-9-8-13-11(12-9)7-6-10-4-2-3-5-10/h6-8,10H,2-5H2,1H3/b7-6+. The molecule has 0 aliphatic heterocycles. The van der Waals surface area contributed by atoms with Crippen molar-refractivity contribution < 1.29 is 4.42 Å². The molecule has 1 heterocycles. The van der Waals surface area contributed by atoms with Crippen molar-refractivity contribution in [1.29, 1.82) is 0 Å². The minimum atomic E-state index is 0.740. The molecule has 1 saturated carbocycles. The molecule has 0 amide bonds. The quantitative estimate of drug-likeness (QED) is 0.693. The Bertz CT molecular complexity index is 295. The van der Waals surface area contributed by atoms with Crippen molar-refractivity contribution in [2.24, 2.45) is 5.92 Å². The molecule has 1 aliphatic rings. The predicted molar refractivity (Wildman–Crippen MR) is 52.2 cm³/mol. The summed E-state index contributed by atoms with van der Waals surface area (Å²) in [6, 6.07) is 0. The summed E-state index contributed by atoms with van der Waals surface area (Å²) in [5.74, 6) is 1.50. The van der Waals surface area contributed by atoms with Crippen molar-refractivity contribution in [2.45, 2.75) is 32.6 Å². The summed E-state index contributed by atoms with van der Waals surface area (Å²) < 4.78 is 5.23. The molecule has 0 saturated heterocycles. The summed E-state index contributed by atoms with van der Waals surface area (Å²) in [5.41, 5.74) is 0.950. The van der Waals surface area contributed by atoms with E-state index in [1.807, 2.05) is 13.0 Å². The SMILES string of the molecule is Cc1coc(/C=C/C2CCCC2)n1. The van der Waals surface area contributed by atoms with Crippen LogP contribution in [-0.2, 0) is 0 Å². The van der Waals surface area contributed by atoms with E-state index in [1.165, 1.54) is 25.7 Å².